The third kappa shape index (κ3) is 6.73. The highest BCUT2D eigenvalue weighted by Gasteiger charge is 2.12. The molecule has 0 atom stereocenters. The van der Waals surface area contributed by atoms with Gasteiger partial charge in [-0.25, -0.2) is 9.97 Å². The van der Waals surface area contributed by atoms with E-state index in [2.05, 4.69) is 46.4 Å². The Kier molecular flexibility index (Phi) is 8.43. The molecule has 37 heavy (non-hydrogen) atoms. The number of carbonyl (C=O) groups is 1. The Morgan fingerprint density at radius 1 is 1.08 bits per heavy atom. The molecule has 7 heteroatoms. The number of likely N-dealkylation sites (tertiary alicyclic amines) is 1. The summed E-state index contributed by atoms with van der Waals surface area (Å²) in [6.45, 7) is 6.14. The lowest BCUT2D eigenvalue weighted by Gasteiger charge is -2.15. The maximum atomic E-state index is 10.5. The number of thiophene rings is 1. The minimum absolute atomic E-state index is 0.580. The predicted octanol–water partition coefficient (Wildman–Crippen LogP) is 6.80. The SMILES string of the molecule is Cc1cnc(Nc2ccc(OCCN3CCCC3)cc2)nc1-c1cc2cc(CCCCC=O)ccc2s1. The van der Waals surface area contributed by atoms with Crippen molar-refractivity contribution in [3.05, 3.63) is 65.9 Å². The van der Waals surface area contributed by atoms with E-state index in [4.69, 9.17) is 9.72 Å². The van der Waals surface area contributed by atoms with Gasteiger partial charge < -0.3 is 14.8 Å². The van der Waals surface area contributed by atoms with E-state index in [0.29, 0.717) is 19.0 Å². The summed E-state index contributed by atoms with van der Waals surface area (Å²) in [6.07, 6.45) is 9.11. The lowest BCUT2D eigenvalue weighted by atomic mass is 10.1. The molecule has 4 aromatic rings. The zero-order chi connectivity index (χ0) is 25.5. The average Bonchev–Trinajstić information content (AvgIpc) is 3.58. The minimum atomic E-state index is 0.580. The van der Waals surface area contributed by atoms with E-state index in [1.54, 1.807) is 11.3 Å². The summed E-state index contributed by atoms with van der Waals surface area (Å²) < 4.78 is 7.17. The van der Waals surface area contributed by atoms with Crippen LogP contribution < -0.4 is 10.1 Å². The first-order valence-corrected chi connectivity index (χ1v) is 14.0. The van der Waals surface area contributed by atoms with E-state index in [9.17, 15) is 4.79 Å². The lowest BCUT2D eigenvalue weighted by Crippen LogP contribution is -2.25. The quantitative estimate of drug-likeness (QED) is 0.166. The van der Waals surface area contributed by atoms with Crippen molar-refractivity contribution in [3.63, 3.8) is 0 Å². The van der Waals surface area contributed by atoms with Crippen LogP contribution in [0.25, 0.3) is 20.7 Å². The van der Waals surface area contributed by atoms with Crippen molar-refractivity contribution in [2.24, 2.45) is 0 Å². The van der Waals surface area contributed by atoms with Gasteiger partial charge in [-0.2, -0.15) is 0 Å². The molecule has 2 aromatic heterocycles. The van der Waals surface area contributed by atoms with Gasteiger partial charge in [-0.1, -0.05) is 12.1 Å². The van der Waals surface area contributed by atoms with Crippen molar-refractivity contribution in [3.8, 4) is 16.3 Å². The summed E-state index contributed by atoms with van der Waals surface area (Å²) in [5.41, 5.74) is 4.24. The van der Waals surface area contributed by atoms with Crippen LogP contribution in [0.1, 0.15) is 43.2 Å². The number of hydrogen-bond acceptors (Lipinski definition) is 7. The summed E-state index contributed by atoms with van der Waals surface area (Å²) in [6, 6.07) is 16.9. The molecule has 0 bridgehead atoms. The molecular formula is C30H34N4O2S. The number of unbranched alkanes of at least 4 members (excludes halogenated alkanes) is 2. The number of nitrogens with zero attached hydrogens (tertiary/aromatic N) is 3. The molecule has 1 saturated heterocycles. The second-order valence-electron chi connectivity index (χ2n) is 9.67. The molecule has 0 aliphatic carbocycles. The van der Waals surface area contributed by atoms with Gasteiger partial charge in [-0.05, 0) is 105 Å². The van der Waals surface area contributed by atoms with Gasteiger partial charge in [-0.3, -0.25) is 4.90 Å². The molecule has 1 aliphatic rings. The van der Waals surface area contributed by atoms with Crippen molar-refractivity contribution in [1.29, 1.82) is 0 Å². The summed E-state index contributed by atoms with van der Waals surface area (Å²) in [5.74, 6) is 1.46. The first-order chi connectivity index (χ1) is 18.2. The number of aryl methyl sites for hydroxylation is 2. The van der Waals surface area contributed by atoms with Gasteiger partial charge in [-0.15, -0.1) is 11.3 Å². The lowest BCUT2D eigenvalue weighted by molar-refractivity contribution is -0.107. The number of hydrogen-bond donors (Lipinski definition) is 1. The molecule has 0 spiro atoms. The first-order valence-electron chi connectivity index (χ1n) is 13.2. The Labute approximate surface area is 222 Å². The van der Waals surface area contributed by atoms with Crippen LogP contribution in [-0.2, 0) is 11.2 Å². The number of aromatic nitrogens is 2. The molecule has 0 amide bonds. The van der Waals surface area contributed by atoms with E-state index >= 15 is 0 Å². The standard InChI is InChI=1S/C30H34N4O2S/c1-22-21-31-30(32-25-9-11-26(12-10-25)36-18-16-34-14-4-5-15-34)33-29(22)28-20-24-19-23(7-3-2-6-17-35)8-13-27(24)37-28/h8-13,17,19-21H,2-7,14-16,18H2,1H3,(H,31,32,33). The number of nitrogens with one attached hydrogen (secondary N) is 1. The highest BCUT2D eigenvalue weighted by Crippen LogP contribution is 2.35. The highest BCUT2D eigenvalue weighted by atomic mass is 32.1. The molecule has 0 saturated carbocycles. The molecule has 3 heterocycles. The molecule has 0 unspecified atom stereocenters. The topological polar surface area (TPSA) is 67.4 Å². The molecule has 2 aromatic carbocycles. The average molecular weight is 515 g/mol. The Balaban J connectivity index is 1.23. The van der Waals surface area contributed by atoms with Crippen LogP contribution in [-0.4, -0.2) is 47.4 Å². The maximum absolute atomic E-state index is 10.5. The summed E-state index contributed by atoms with van der Waals surface area (Å²) in [4.78, 5) is 23.5. The zero-order valence-corrected chi connectivity index (χ0v) is 22.2. The Morgan fingerprint density at radius 3 is 2.73 bits per heavy atom. The Hall–Kier alpha value is -3.29. The van der Waals surface area contributed by atoms with Crippen LogP contribution in [0.5, 0.6) is 5.75 Å². The number of rotatable bonds is 12. The van der Waals surface area contributed by atoms with Gasteiger partial charge in [0, 0.05) is 29.5 Å². The van der Waals surface area contributed by atoms with E-state index in [1.165, 1.54) is 41.6 Å². The van der Waals surface area contributed by atoms with Crippen molar-refractivity contribution in [1.82, 2.24) is 14.9 Å². The van der Waals surface area contributed by atoms with E-state index in [1.807, 2.05) is 30.5 Å². The van der Waals surface area contributed by atoms with Crippen LogP contribution in [0.15, 0.2) is 54.7 Å². The van der Waals surface area contributed by atoms with Gasteiger partial charge in [0.1, 0.15) is 18.6 Å². The van der Waals surface area contributed by atoms with Crippen molar-refractivity contribution >= 4 is 39.3 Å². The molecule has 5 rings (SSSR count). The fourth-order valence-corrected chi connectivity index (χ4v) is 5.83. The van der Waals surface area contributed by atoms with E-state index in [-0.39, 0.29) is 0 Å². The van der Waals surface area contributed by atoms with Crippen LogP contribution >= 0.6 is 11.3 Å². The second kappa shape index (κ2) is 12.3. The van der Waals surface area contributed by atoms with E-state index in [0.717, 1.165) is 59.7 Å². The normalized spacial score (nSPS) is 13.8. The predicted molar refractivity (Wildman–Crippen MR) is 152 cm³/mol. The second-order valence-corrected chi connectivity index (χ2v) is 10.8. The number of anilines is 2. The first kappa shape index (κ1) is 25.4. The van der Waals surface area contributed by atoms with Gasteiger partial charge in [0.05, 0.1) is 10.6 Å². The smallest absolute Gasteiger partial charge is 0.227 e. The fourth-order valence-electron chi connectivity index (χ4n) is 4.74. The largest absolute Gasteiger partial charge is 0.492 e. The summed E-state index contributed by atoms with van der Waals surface area (Å²) >= 11 is 1.75. The van der Waals surface area contributed by atoms with Crippen LogP contribution in [0.4, 0.5) is 11.6 Å². The van der Waals surface area contributed by atoms with Crippen molar-refractivity contribution < 1.29 is 9.53 Å². The van der Waals surface area contributed by atoms with Crippen LogP contribution in [0.3, 0.4) is 0 Å². The van der Waals surface area contributed by atoms with Crippen LogP contribution in [0, 0.1) is 6.92 Å². The fraction of sp³-hybridized carbons (Fsp3) is 0.367. The highest BCUT2D eigenvalue weighted by molar-refractivity contribution is 7.22. The Morgan fingerprint density at radius 2 is 1.92 bits per heavy atom. The van der Waals surface area contributed by atoms with Crippen molar-refractivity contribution in [2.45, 2.75) is 45.4 Å². The summed E-state index contributed by atoms with van der Waals surface area (Å²) in [7, 11) is 0. The molecule has 192 valence electrons. The number of carbonyl (C=O) groups excluding carboxylic acids is 1. The minimum Gasteiger partial charge on any atom is -0.492 e. The number of benzene rings is 2. The molecular weight excluding hydrogens is 480 g/mol. The number of fused-ring (bicyclic) bond motifs is 1. The summed E-state index contributed by atoms with van der Waals surface area (Å²) in [5, 5.41) is 4.58. The zero-order valence-electron chi connectivity index (χ0n) is 21.4. The molecule has 0 radical (unpaired) electrons. The Bertz CT molecular complexity index is 1330. The molecule has 1 N–H and O–H groups in total. The third-order valence-corrected chi connectivity index (χ3v) is 7.93. The number of aldehydes is 1. The van der Waals surface area contributed by atoms with Gasteiger partial charge in [0.25, 0.3) is 0 Å². The molecule has 1 fully saturated rings. The number of ether oxygens (including phenoxy) is 1. The van der Waals surface area contributed by atoms with Gasteiger partial charge in [0.15, 0.2) is 0 Å². The molecule has 1 aliphatic heterocycles. The monoisotopic (exact) mass is 514 g/mol. The van der Waals surface area contributed by atoms with Gasteiger partial charge in [0.2, 0.25) is 5.95 Å². The van der Waals surface area contributed by atoms with Gasteiger partial charge >= 0.3 is 0 Å². The maximum Gasteiger partial charge on any atom is 0.227 e. The third-order valence-electron chi connectivity index (χ3n) is 6.81. The molecule has 6 nitrogen and oxygen atoms in total. The van der Waals surface area contributed by atoms with Crippen molar-refractivity contribution in [2.75, 3.05) is 31.6 Å². The van der Waals surface area contributed by atoms with E-state index < -0.39 is 0 Å². The van der Waals surface area contributed by atoms with Crippen LogP contribution in [0.2, 0.25) is 0 Å².